The molecule has 0 radical (unpaired) electrons. The van der Waals surface area contributed by atoms with Gasteiger partial charge < -0.3 is 4.74 Å². The topological polar surface area (TPSA) is 39.2 Å². The van der Waals surface area contributed by atoms with Crippen LogP contribution in [0.25, 0.3) is 6.08 Å². The lowest BCUT2D eigenvalue weighted by Crippen LogP contribution is -2.42. The van der Waals surface area contributed by atoms with Gasteiger partial charge in [-0.05, 0) is 67.2 Å². The second kappa shape index (κ2) is 8.37. The lowest BCUT2D eigenvalue weighted by molar-refractivity contribution is -0.144. The number of fused-ring (bicyclic) bond motifs is 2. The van der Waals surface area contributed by atoms with E-state index in [1.807, 2.05) is 12.3 Å². The van der Waals surface area contributed by atoms with E-state index in [0.717, 1.165) is 18.5 Å². The maximum atomic E-state index is 12.4. The summed E-state index contributed by atoms with van der Waals surface area (Å²) in [6.45, 7) is 2.09. The van der Waals surface area contributed by atoms with Crippen molar-refractivity contribution in [3.05, 3.63) is 71.6 Å². The number of nitrogens with zero attached hydrogens (tertiary/aromatic N) is 1. The number of aromatic nitrogens is 1. The molecule has 0 spiro atoms. The van der Waals surface area contributed by atoms with E-state index < -0.39 is 0 Å². The summed E-state index contributed by atoms with van der Waals surface area (Å²) in [7, 11) is 0. The van der Waals surface area contributed by atoms with Crippen LogP contribution in [-0.2, 0) is 16.0 Å². The van der Waals surface area contributed by atoms with Gasteiger partial charge in [-0.1, -0.05) is 61.7 Å². The van der Waals surface area contributed by atoms with Gasteiger partial charge in [0.15, 0.2) is 0 Å². The minimum atomic E-state index is 0.0289. The summed E-state index contributed by atoms with van der Waals surface area (Å²) in [6.07, 6.45) is 13.7. The van der Waals surface area contributed by atoms with Gasteiger partial charge in [0.05, 0.1) is 11.6 Å². The fraction of sp³-hybridized carbons (Fsp3) is 0.481. The summed E-state index contributed by atoms with van der Waals surface area (Å²) >= 11 is 0. The van der Waals surface area contributed by atoms with Crippen molar-refractivity contribution in [2.45, 2.75) is 51.6 Å². The maximum Gasteiger partial charge on any atom is 0.309 e. The van der Waals surface area contributed by atoms with E-state index in [0.29, 0.717) is 23.7 Å². The molecule has 2 aromatic rings. The van der Waals surface area contributed by atoms with Crippen LogP contribution >= 0.6 is 0 Å². The molecule has 1 aliphatic heterocycles. The Bertz CT molecular complexity index is 904. The van der Waals surface area contributed by atoms with E-state index >= 15 is 0 Å². The molecule has 0 unspecified atom stereocenters. The zero-order valence-electron chi connectivity index (χ0n) is 17.7. The summed E-state index contributed by atoms with van der Waals surface area (Å²) in [5.41, 5.74) is 3.53. The van der Waals surface area contributed by atoms with Crippen molar-refractivity contribution >= 4 is 12.0 Å². The van der Waals surface area contributed by atoms with Crippen molar-refractivity contribution in [2.75, 3.05) is 0 Å². The number of ether oxygens (including phenoxy) is 1. The first kappa shape index (κ1) is 19.5. The third-order valence-electron chi connectivity index (χ3n) is 7.66. The van der Waals surface area contributed by atoms with Crippen LogP contribution in [0, 0.1) is 29.6 Å². The van der Waals surface area contributed by atoms with E-state index in [4.69, 9.17) is 9.72 Å². The molecule has 30 heavy (non-hydrogen) atoms. The summed E-state index contributed by atoms with van der Waals surface area (Å²) in [4.78, 5) is 17.1. The van der Waals surface area contributed by atoms with Crippen LogP contribution in [0.4, 0.5) is 0 Å². The number of carbonyl (C=O) groups is 1. The van der Waals surface area contributed by atoms with Crippen molar-refractivity contribution in [1.29, 1.82) is 0 Å². The third-order valence-corrected chi connectivity index (χ3v) is 7.66. The molecule has 2 saturated carbocycles. The lowest BCUT2D eigenvalue weighted by atomic mass is 9.57. The van der Waals surface area contributed by atoms with Gasteiger partial charge in [0.1, 0.15) is 6.10 Å². The Hall–Kier alpha value is -2.42. The van der Waals surface area contributed by atoms with Gasteiger partial charge in [-0.3, -0.25) is 9.78 Å². The fourth-order valence-electron chi connectivity index (χ4n) is 6.27. The monoisotopic (exact) mass is 401 g/mol. The summed E-state index contributed by atoms with van der Waals surface area (Å²) < 4.78 is 5.68. The Labute approximate surface area is 179 Å². The second-order valence-electron chi connectivity index (χ2n) is 9.46. The Morgan fingerprint density at radius 1 is 1.07 bits per heavy atom. The van der Waals surface area contributed by atoms with Gasteiger partial charge in [-0.15, -0.1) is 0 Å². The van der Waals surface area contributed by atoms with Gasteiger partial charge in [0, 0.05) is 12.1 Å². The van der Waals surface area contributed by atoms with Crippen LogP contribution in [0.3, 0.4) is 0 Å². The summed E-state index contributed by atoms with van der Waals surface area (Å²) in [5, 5.41) is 0. The molecule has 0 N–H and O–H groups in total. The average Bonchev–Trinajstić information content (AvgIpc) is 3.06. The van der Waals surface area contributed by atoms with Crippen molar-refractivity contribution in [3.63, 3.8) is 0 Å². The van der Waals surface area contributed by atoms with Gasteiger partial charge in [0.25, 0.3) is 0 Å². The molecule has 1 aromatic heterocycles. The molecule has 3 aliphatic rings. The number of esters is 1. The van der Waals surface area contributed by atoms with Gasteiger partial charge >= 0.3 is 5.97 Å². The Morgan fingerprint density at radius 3 is 2.70 bits per heavy atom. The van der Waals surface area contributed by atoms with E-state index in [2.05, 4.69) is 55.5 Å². The van der Waals surface area contributed by atoms with Gasteiger partial charge in [0.2, 0.25) is 0 Å². The number of allylic oxidation sites excluding steroid dienone is 1. The third kappa shape index (κ3) is 3.82. The zero-order chi connectivity index (χ0) is 20.5. The number of hydrogen-bond acceptors (Lipinski definition) is 3. The van der Waals surface area contributed by atoms with Crippen LogP contribution in [0.2, 0.25) is 0 Å². The molecule has 0 amide bonds. The smallest absolute Gasteiger partial charge is 0.309 e. The van der Waals surface area contributed by atoms with E-state index in [1.165, 1.54) is 36.8 Å². The average molecular weight is 402 g/mol. The highest BCUT2D eigenvalue weighted by Gasteiger charge is 2.53. The highest BCUT2D eigenvalue weighted by atomic mass is 16.6. The standard InChI is InChI=1S/C27H31NO2/c1-18-26-24(23-10-6-5-9-21(23)16-25(26)27(29)30-18)14-13-22-12-11-20(17-28-22)15-19-7-3-2-4-8-19/h2-4,7-8,11-14,17-18,21,23-26H,5-6,9-10,15-16H2,1H3/t18-,21+,23-,24+,25-,26+/m0/s1. The highest BCUT2D eigenvalue weighted by molar-refractivity contribution is 5.75. The Balaban J connectivity index is 1.34. The minimum Gasteiger partial charge on any atom is -0.462 e. The molecular formula is C27H31NO2. The SMILES string of the molecule is C[C@@H]1OC(=O)[C@H]2C[C@H]3CCCC[C@@H]3[C@@H](C=Cc3ccc(Cc4ccccc4)cn3)[C@@H]12. The van der Waals surface area contributed by atoms with Crippen molar-refractivity contribution in [3.8, 4) is 0 Å². The zero-order valence-corrected chi connectivity index (χ0v) is 17.7. The van der Waals surface area contributed by atoms with Crippen LogP contribution in [0.5, 0.6) is 0 Å². The fourth-order valence-corrected chi connectivity index (χ4v) is 6.27. The molecule has 3 heteroatoms. The van der Waals surface area contributed by atoms with Crippen molar-refractivity contribution in [2.24, 2.45) is 29.6 Å². The lowest BCUT2D eigenvalue weighted by Gasteiger charge is -2.45. The number of pyridine rings is 1. The predicted molar refractivity (Wildman–Crippen MR) is 119 cm³/mol. The molecule has 1 saturated heterocycles. The first-order valence-electron chi connectivity index (χ1n) is 11.6. The van der Waals surface area contributed by atoms with Crippen LogP contribution in [-0.4, -0.2) is 17.1 Å². The predicted octanol–water partition coefficient (Wildman–Crippen LogP) is 5.69. The molecule has 6 atom stereocenters. The largest absolute Gasteiger partial charge is 0.462 e. The van der Waals surface area contributed by atoms with Crippen LogP contribution in [0.15, 0.2) is 54.7 Å². The van der Waals surface area contributed by atoms with E-state index in [9.17, 15) is 4.79 Å². The minimum absolute atomic E-state index is 0.0289. The number of cyclic esters (lactones) is 1. The van der Waals surface area contributed by atoms with Gasteiger partial charge in [-0.25, -0.2) is 0 Å². The van der Waals surface area contributed by atoms with E-state index in [1.54, 1.807) is 0 Å². The molecule has 3 nitrogen and oxygen atoms in total. The molecular weight excluding hydrogens is 370 g/mol. The molecule has 156 valence electrons. The number of rotatable bonds is 4. The first-order valence-corrected chi connectivity index (χ1v) is 11.6. The van der Waals surface area contributed by atoms with Gasteiger partial charge in [-0.2, -0.15) is 0 Å². The molecule has 1 aromatic carbocycles. The van der Waals surface area contributed by atoms with Crippen molar-refractivity contribution in [1.82, 2.24) is 4.98 Å². The van der Waals surface area contributed by atoms with Crippen LogP contribution in [0.1, 0.15) is 55.8 Å². The maximum absolute atomic E-state index is 12.4. The number of hydrogen-bond donors (Lipinski definition) is 0. The molecule has 2 heterocycles. The normalized spacial score (nSPS) is 33.2. The Morgan fingerprint density at radius 2 is 1.90 bits per heavy atom. The highest BCUT2D eigenvalue weighted by Crippen LogP contribution is 2.53. The number of benzene rings is 1. The Kier molecular flexibility index (Phi) is 5.45. The first-order chi connectivity index (χ1) is 14.7. The summed E-state index contributed by atoms with van der Waals surface area (Å²) in [5.74, 6) is 2.24. The van der Waals surface area contributed by atoms with E-state index in [-0.39, 0.29) is 18.0 Å². The molecule has 5 rings (SSSR count). The summed E-state index contributed by atoms with van der Waals surface area (Å²) in [6, 6.07) is 14.8. The second-order valence-corrected chi connectivity index (χ2v) is 9.46. The molecule has 2 aliphatic carbocycles. The quantitative estimate of drug-likeness (QED) is 0.618. The van der Waals surface area contributed by atoms with Crippen molar-refractivity contribution < 1.29 is 9.53 Å². The number of carbonyl (C=O) groups excluding carboxylic acids is 1. The molecule has 0 bridgehead atoms. The van der Waals surface area contributed by atoms with Crippen LogP contribution < -0.4 is 0 Å². The molecule has 3 fully saturated rings.